The van der Waals surface area contributed by atoms with Crippen molar-refractivity contribution in [3.05, 3.63) is 18.3 Å². The Morgan fingerprint density at radius 3 is 2.89 bits per heavy atom. The monoisotopic (exact) mass is 265 g/mol. The van der Waals surface area contributed by atoms with E-state index >= 15 is 0 Å². The fraction of sp³-hybridized carbons (Fsp3) is 0.643. The standard InChI is InChI=1S/C14H23N3O2/c1-2-6-15-13-10-12(3-7-16-13)17-11-14(18)4-8-19-9-5-14/h3,7,10,18H,2,4-6,8-9,11H2,1H3,(H2,15,16,17). The summed E-state index contributed by atoms with van der Waals surface area (Å²) in [4.78, 5) is 4.26. The van der Waals surface area contributed by atoms with Gasteiger partial charge in [-0.25, -0.2) is 4.98 Å². The molecule has 19 heavy (non-hydrogen) atoms. The average Bonchev–Trinajstić information content (AvgIpc) is 2.44. The molecule has 0 radical (unpaired) electrons. The van der Waals surface area contributed by atoms with E-state index in [1.807, 2.05) is 12.1 Å². The topological polar surface area (TPSA) is 66.4 Å². The second kappa shape index (κ2) is 6.73. The zero-order valence-electron chi connectivity index (χ0n) is 11.5. The summed E-state index contributed by atoms with van der Waals surface area (Å²) in [5, 5.41) is 16.9. The maximum absolute atomic E-state index is 10.4. The van der Waals surface area contributed by atoms with Gasteiger partial charge in [0.05, 0.1) is 5.60 Å². The van der Waals surface area contributed by atoms with Gasteiger partial charge in [-0.1, -0.05) is 6.92 Å². The van der Waals surface area contributed by atoms with E-state index in [1.54, 1.807) is 6.20 Å². The van der Waals surface area contributed by atoms with Gasteiger partial charge in [0.15, 0.2) is 0 Å². The second-order valence-corrected chi connectivity index (χ2v) is 5.05. The van der Waals surface area contributed by atoms with Crippen molar-refractivity contribution in [2.45, 2.75) is 31.8 Å². The van der Waals surface area contributed by atoms with Crippen LogP contribution in [-0.4, -0.2) is 42.0 Å². The molecule has 1 fully saturated rings. The van der Waals surface area contributed by atoms with Crippen LogP contribution in [-0.2, 0) is 4.74 Å². The highest BCUT2D eigenvalue weighted by Crippen LogP contribution is 2.21. The quantitative estimate of drug-likeness (QED) is 0.732. The molecular weight excluding hydrogens is 242 g/mol. The highest BCUT2D eigenvalue weighted by atomic mass is 16.5. The summed E-state index contributed by atoms with van der Waals surface area (Å²) in [5.41, 5.74) is 0.326. The van der Waals surface area contributed by atoms with E-state index in [4.69, 9.17) is 4.74 Å². The van der Waals surface area contributed by atoms with Crippen LogP contribution in [0.4, 0.5) is 11.5 Å². The SMILES string of the molecule is CCCNc1cc(NCC2(O)CCOCC2)ccn1. The molecule has 5 heteroatoms. The molecule has 1 aromatic heterocycles. The van der Waals surface area contributed by atoms with Gasteiger partial charge < -0.3 is 20.5 Å². The van der Waals surface area contributed by atoms with Crippen molar-refractivity contribution in [2.24, 2.45) is 0 Å². The number of pyridine rings is 1. The van der Waals surface area contributed by atoms with Gasteiger partial charge in [-0.05, 0) is 12.5 Å². The van der Waals surface area contributed by atoms with E-state index < -0.39 is 5.60 Å². The molecular formula is C14H23N3O2. The molecule has 0 aliphatic carbocycles. The maximum Gasteiger partial charge on any atom is 0.127 e. The summed E-state index contributed by atoms with van der Waals surface area (Å²) >= 11 is 0. The summed E-state index contributed by atoms with van der Waals surface area (Å²) in [6.45, 7) is 4.86. The Morgan fingerprint density at radius 1 is 1.37 bits per heavy atom. The summed E-state index contributed by atoms with van der Waals surface area (Å²) in [6.07, 6.45) is 4.21. The summed E-state index contributed by atoms with van der Waals surface area (Å²) in [6, 6.07) is 3.89. The Balaban J connectivity index is 1.88. The van der Waals surface area contributed by atoms with Crippen molar-refractivity contribution in [1.82, 2.24) is 4.98 Å². The minimum Gasteiger partial charge on any atom is -0.388 e. The Hall–Kier alpha value is -1.33. The number of anilines is 2. The smallest absolute Gasteiger partial charge is 0.127 e. The molecule has 0 aromatic carbocycles. The number of hydrogen-bond donors (Lipinski definition) is 3. The van der Waals surface area contributed by atoms with E-state index in [0.29, 0.717) is 32.6 Å². The highest BCUT2D eigenvalue weighted by Gasteiger charge is 2.29. The van der Waals surface area contributed by atoms with Crippen LogP contribution in [0, 0.1) is 0 Å². The van der Waals surface area contributed by atoms with Crippen LogP contribution in [0.25, 0.3) is 0 Å². The largest absolute Gasteiger partial charge is 0.388 e. The number of aliphatic hydroxyl groups is 1. The first-order valence-corrected chi connectivity index (χ1v) is 6.96. The molecule has 2 heterocycles. The molecule has 0 unspecified atom stereocenters. The normalized spacial score (nSPS) is 18.0. The van der Waals surface area contributed by atoms with Crippen LogP contribution < -0.4 is 10.6 Å². The Bertz CT molecular complexity index is 392. The van der Waals surface area contributed by atoms with Crippen LogP contribution in [0.15, 0.2) is 18.3 Å². The van der Waals surface area contributed by atoms with Crippen LogP contribution >= 0.6 is 0 Å². The minimum absolute atomic E-state index is 0.549. The second-order valence-electron chi connectivity index (χ2n) is 5.05. The first kappa shape index (κ1) is 14.1. The van der Waals surface area contributed by atoms with E-state index in [-0.39, 0.29) is 0 Å². The first-order chi connectivity index (χ1) is 9.22. The summed E-state index contributed by atoms with van der Waals surface area (Å²) < 4.78 is 5.27. The molecule has 3 N–H and O–H groups in total. The van der Waals surface area contributed by atoms with Gasteiger partial charge in [-0.2, -0.15) is 0 Å². The zero-order chi connectivity index (χ0) is 13.6. The molecule has 1 aliphatic rings. The van der Waals surface area contributed by atoms with Crippen LogP contribution in [0.2, 0.25) is 0 Å². The fourth-order valence-corrected chi connectivity index (χ4v) is 2.08. The lowest BCUT2D eigenvalue weighted by Gasteiger charge is -2.32. The first-order valence-electron chi connectivity index (χ1n) is 6.96. The van der Waals surface area contributed by atoms with E-state index in [9.17, 15) is 5.11 Å². The molecule has 2 rings (SSSR count). The van der Waals surface area contributed by atoms with Crippen LogP contribution in [0.5, 0.6) is 0 Å². The van der Waals surface area contributed by atoms with Gasteiger partial charge in [0, 0.05) is 57.1 Å². The molecule has 1 aliphatic heterocycles. The number of aromatic nitrogens is 1. The van der Waals surface area contributed by atoms with E-state index in [2.05, 4.69) is 22.5 Å². The number of nitrogens with one attached hydrogen (secondary N) is 2. The maximum atomic E-state index is 10.4. The third-order valence-corrected chi connectivity index (χ3v) is 3.36. The van der Waals surface area contributed by atoms with Crippen molar-refractivity contribution in [3.8, 4) is 0 Å². The predicted molar refractivity (Wildman–Crippen MR) is 76.5 cm³/mol. The molecule has 5 nitrogen and oxygen atoms in total. The molecule has 0 spiro atoms. The Morgan fingerprint density at radius 2 is 2.16 bits per heavy atom. The lowest BCUT2D eigenvalue weighted by molar-refractivity contribution is -0.0543. The Labute approximate surface area is 114 Å². The van der Waals surface area contributed by atoms with Crippen molar-refractivity contribution >= 4 is 11.5 Å². The van der Waals surface area contributed by atoms with Crippen molar-refractivity contribution in [2.75, 3.05) is 36.9 Å². The van der Waals surface area contributed by atoms with Crippen LogP contribution in [0.3, 0.4) is 0 Å². The average molecular weight is 265 g/mol. The number of nitrogens with zero attached hydrogens (tertiary/aromatic N) is 1. The van der Waals surface area contributed by atoms with Gasteiger partial charge in [-0.15, -0.1) is 0 Å². The number of hydrogen-bond acceptors (Lipinski definition) is 5. The molecule has 0 atom stereocenters. The summed E-state index contributed by atoms with van der Waals surface area (Å²) in [7, 11) is 0. The van der Waals surface area contributed by atoms with Crippen molar-refractivity contribution < 1.29 is 9.84 Å². The lowest BCUT2D eigenvalue weighted by Crippen LogP contribution is -2.42. The molecule has 106 valence electrons. The third-order valence-electron chi connectivity index (χ3n) is 3.36. The number of rotatable bonds is 6. The summed E-state index contributed by atoms with van der Waals surface area (Å²) in [5.74, 6) is 0.866. The van der Waals surface area contributed by atoms with Gasteiger partial charge in [0.25, 0.3) is 0 Å². The zero-order valence-corrected chi connectivity index (χ0v) is 11.5. The van der Waals surface area contributed by atoms with Crippen molar-refractivity contribution in [3.63, 3.8) is 0 Å². The lowest BCUT2D eigenvalue weighted by atomic mass is 9.94. The van der Waals surface area contributed by atoms with Crippen LogP contribution in [0.1, 0.15) is 26.2 Å². The van der Waals surface area contributed by atoms with E-state index in [0.717, 1.165) is 24.5 Å². The highest BCUT2D eigenvalue weighted by molar-refractivity contribution is 5.52. The molecule has 1 saturated heterocycles. The minimum atomic E-state index is -0.654. The third kappa shape index (κ3) is 4.36. The van der Waals surface area contributed by atoms with Gasteiger partial charge >= 0.3 is 0 Å². The van der Waals surface area contributed by atoms with Gasteiger partial charge in [-0.3, -0.25) is 0 Å². The molecule has 1 aromatic rings. The Kier molecular flexibility index (Phi) is 4.99. The van der Waals surface area contributed by atoms with Gasteiger partial charge in [0.2, 0.25) is 0 Å². The predicted octanol–water partition coefficient (Wildman–Crippen LogP) is 1.86. The fourth-order valence-electron chi connectivity index (χ4n) is 2.08. The van der Waals surface area contributed by atoms with Gasteiger partial charge in [0.1, 0.15) is 5.82 Å². The molecule has 0 bridgehead atoms. The van der Waals surface area contributed by atoms with Crippen molar-refractivity contribution in [1.29, 1.82) is 0 Å². The number of ether oxygens (including phenoxy) is 1. The van der Waals surface area contributed by atoms with E-state index in [1.165, 1.54) is 0 Å². The molecule has 0 saturated carbocycles. The molecule has 0 amide bonds.